The minimum Gasteiger partial charge on any atom is -0.312 e. The fourth-order valence-electron chi connectivity index (χ4n) is 2.77. The molecule has 2 nitrogen and oxygen atoms in total. The molecule has 2 unspecified atom stereocenters. The Kier molecular flexibility index (Phi) is 4.73. The van der Waals surface area contributed by atoms with Crippen molar-refractivity contribution >= 4 is 11.3 Å². The molecule has 2 aromatic rings. The average molecular weight is 340 g/mol. The molecule has 0 aliphatic heterocycles. The van der Waals surface area contributed by atoms with Crippen LogP contribution in [0.25, 0.3) is 10.6 Å². The highest BCUT2D eigenvalue weighted by atomic mass is 32.1. The van der Waals surface area contributed by atoms with Crippen molar-refractivity contribution in [1.29, 1.82) is 0 Å². The molecule has 0 saturated heterocycles. The van der Waals surface area contributed by atoms with Gasteiger partial charge in [-0.15, -0.1) is 11.3 Å². The fourth-order valence-corrected chi connectivity index (χ4v) is 3.65. The lowest BCUT2D eigenvalue weighted by Gasteiger charge is -2.06. The van der Waals surface area contributed by atoms with E-state index in [0.717, 1.165) is 52.5 Å². The van der Waals surface area contributed by atoms with Crippen molar-refractivity contribution in [3.8, 4) is 10.6 Å². The van der Waals surface area contributed by atoms with Gasteiger partial charge in [0.2, 0.25) is 0 Å². The Morgan fingerprint density at radius 1 is 1.22 bits per heavy atom. The smallest absolute Gasteiger partial charge is 0.312 e. The first kappa shape index (κ1) is 16.5. The maximum atomic E-state index is 12.6. The van der Waals surface area contributed by atoms with Gasteiger partial charge in [-0.05, 0) is 36.9 Å². The lowest BCUT2D eigenvalue weighted by molar-refractivity contribution is -0.137. The van der Waals surface area contributed by atoms with Crippen LogP contribution in [0.15, 0.2) is 30.5 Å². The molecule has 0 spiro atoms. The molecule has 0 bridgehead atoms. The van der Waals surface area contributed by atoms with E-state index in [1.807, 2.05) is 0 Å². The number of benzene rings is 1. The zero-order valence-corrected chi connectivity index (χ0v) is 13.7. The Balaban J connectivity index is 1.56. The predicted octanol–water partition coefficient (Wildman–Crippen LogP) is 4.96. The number of aromatic nitrogens is 1. The van der Waals surface area contributed by atoms with Crippen LogP contribution in [0.1, 0.15) is 30.2 Å². The van der Waals surface area contributed by atoms with Crippen LogP contribution in [0.3, 0.4) is 0 Å². The van der Waals surface area contributed by atoms with E-state index in [-0.39, 0.29) is 0 Å². The van der Waals surface area contributed by atoms with Crippen molar-refractivity contribution in [3.05, 3.63) is 40.9 Å². The Morgan fingerprint density at radius 3 is 2.57 bits per heavy atom. The summed E-state index contributed by atoms with van der Waals surface area (Å²) < 4.78 is 37.7. The quantitative estimate of drug-likeness (QED) is 0.803. The number of nitrogens with zero attached hydrogens (tertiary/aromatic N) is 1. The summed E-state index contributed by atoms with van der Waals surface area (Å²) in [6.45, 7) is 4.03. The Morgan fingerprint density at radius 2 is 1.96 bits per heavy atom. The lowest BCUT2D eigenvalue weighted by atomic mass is 10.1. The van der Waals surface area contributed by atoms with Crippen molar-refractivity contribution < 1.29 is 13.2 Å². The number of nitrogens with one attached hydrogen (secondary N) is 1. The number of halogens is 3. The van der Waals surface area contributed by atoms with Crippen LogP contribution in [0.4, 0.5) is 13.2 Å². The van der Waals surface area contributed by atoms with Crippen LogP contribution in [0.5, 0.6) is 0 Å². The van der Waals surface area contributed by atoms with Gasteiger partial charge >= 0.3 is 6.18 Å². The molecular weight excluding hydrogens is 321 g/mol. The second kappa shape index (κ2) is 6.61. The SMILES string of the molecule is CCC1CC1CNCc1cnc(-c2ccc(C(F)(F)F)cc2)s1. The van der Waals surface area contributed by atoms with E-state index in [0.29, 0.717) is 0 Å². The number of hydrogen-bond donors (Lipinski definition) is 1. The third kappa shape index (κ3) is 4.12. The summed E-state index contributed by atoms with van der Waals surface area (Å²) in [5.41, 5.74) is 0.0945. The van der Waals surface area contributed by atoms with Crippen molar-refractivity contribution in [3.63, 3.8) is 0 Å². The van der Waals surface area contributed by atoms with Crippen molar-refractivity contribution in [2.45, 2.75) is 32.5 Å². The van der Waals surface area contributed by atoms with E-state index in [2.05, 4.69) is 17.2 Å². The highest BCUT2D eigenvalue weighted by Gasteiger charge is 2.34. The van der Waals surface area contributed by atoms with E-state index in [1.165, 1.54) is 36.3 Å². The summed E-state index contributed by atoms with van der Waals surface area (Å²) in [5.74, 6) is 1.69. The molecule has 124 valence electrons. The monoisotopic (exact) mass is 340 g/mol. The lowest BCUT2D eigenvalue weighted by Crippen LogP contribution is -2.16. The molecule has 23 heavy (non-hydrogen) atoms. The standard InChI is InChI=1S/C17H19F3N2S/c1-2-11-7-13(11)8-21-9-15-10-22-16(23-15)12-3-5-14(6-4-12)17(18,19)20/h3-6,10-11,13,21H,2,7-9H2,1H3. The van der Waals surface area contributed by atoms with Crippen LogP contribution in [-0.4, -0.2) is 11.5 Å². The molecule has 0 radical (unpaired) electrons. The zero-order chi connectivity index (χ0) is 16.4. The van der Waals surface area contributed by atoms with Crippen molar-refractivity contribution in [1.82, 2.24) is 10.3 Å². The highest BCUT2D eigenvalue weighted by Crippen LogP contribution is 2.40. The summed E-state index contributed by atoms with van der Waals surface area (Å²) in [7, 11) is 0. The van der Waals surface area contributed by atoms with Crippen LogP contribution < -0.4 is 5.32 Å². The molecule has 1 aromatic carbocycles. The van der Waals surface area contributed by atoms with Crippen molar-refractivity contribution in [2.24, 2.45) is 11.8 Å². The van der Waals surface area contributed by atoms with Gasteiger partial charge in [-0.3, -0.25) is 0 Å². The normalized spacial score (nSPS) is 20.7. The van der Waals surface area contributed by atoms with E-state index in [4.69, 9.17) is 0 Å². The molecule has 1 saturated carbocycles. The molecule has 1 fully saturated rings. The second-order valence-corrected chi connectivity index (χ2v) is 7.12. The fraction of sp³-hybridized carbons (Fsp3) is 0.471. The van der Waals surface area contributed by atoms with Gasteiger partial charge in [0.15, 0.2) is 0 Å². The van der Waals surface area contributed by atoms with Gasteiger partial charge in [0.25, 0.3) is 0 Å². The summed E-state index contributed by atoms with van der Waals surface area (Å²) in [6, 6.07) is 5.17. The average Bonchev–Trinajstić information content (AvgIpc) is 3.12. The molecule has 3 rings (SSSR count). The largest absolute Gasteiger partial charge is 0.416 e. The predicted molar refractivity (Wildman–Crippen MR) is 86.1 cm³/mol. The van der Waals surface area contributed by atoms with E-state index >= 15 is 0 Å². The number of alkyl halides is 3. The summed E-state index contributed by atoms with van der Waals surface area (Å²) >= 11 is 1.52. The van der Waals surface area contributed by atoms with Crippen LogP contribution in [0, 0.1) is 11.8 Å². The molecular formula is C17H19F3N2S. The Bertz CT molecular complexity index is 649. The third-order valence-corrected chi connectivity index (χ3v) is 5.36. The van der Waals surface area contributed by atoms with E-state index in [1.54, 1.807) is 6.20 Å². The van der Waals surface area contributed by atoms with Crippen LogP contribution in [-0.2, 0) is 12.7 Å². The van der Waals surface area contributed by atoms with E-state index in [9.17, 15) is 13.2 Å². The number of thiazole rings is 1. The van der Waals surface area contributed by atoms with Gasteiger partial charge in [0, 0.05) is 23.2 Å². The zero-order valence-electron chi connectivity index (χ0n) is 12.9. The molecule has 2 atom stereocenters. The van der Waals surface area contributed by atoms with Crippen LogP contribution >= 0.6 is 11.3 Å². The molecule has 1 aromatic heterocycles. The Hall–Kier alpha value is -1.40. The maximum Gasteiger partial charge on any atom is 0.416 e. The van der Waals surface area contributed by atoms with Gasteiger partial charge in [-0.1, -0.05) is 25.5 Å². The number of rotatable bonds is 6. The second-order valence-electron chi connectivity index (χ2n) is 6.00. The summed E-state index contributed by atoms with van der Waals surface area (Å²) in [6.07, 6.45) is 0.0818. The first-order chi connectivity index (χ1) is 11.0. The molecule has 1 aliphatic carbocycles. The molecule has 6 heteroatoms. The molecule has 0 amide bonds. The molecule has 1 aliphatic rings. The first-order valence-electron chi connectivity index (χ1n) is 7.80. The maximum absolute atomic E-state index is 12.6. The molecule has 1 N–H and O–H groups in total. The van der Waals surface area contributed by atoms with Gasteiger partial charge in [0.1, 0.15) is 5.01 Å². The highest BCUT2D eigenvalue weighted by molar-refractivity contribution is 7.15. The minimum atomic E-state index is -4.30. The van der Waals surface area contributed by atoms with Gasteiger partial charge < -0.3 is 5.32 Å². The van der Waals surface area contributed by atoms with Crippen LogP contribution in [0.2, 0.25) is 0 Å². The van der Waals surface area contributed by atoms with Gasteiger partial charge in [-0.25, -0.2) is 4.98 Å². The minimum absolute atomic E-state index is 0.630. The third-order valence-electron chi connectivity index (χ3n) is 4.31. The van der Waals surface area contributed by atoms with E-state index < -0.39 is 11.7 Å². The van der Waals surface area contributed by atoms with Gasteiger partial charge in [0.05, 0.1) is 5.56 Å². The van der Waals surface area contributed by atoms with Crippen molar-refractivity contribution in [2.75, 3.05) is 6.54 Å². The topological polar surface area (TPSA) is 24.9 Å². The molecule has 1 heterocycles. The van der Waals surface area contributed by atoms with Gasteiger partial charge in [-0.2, -0.15) is 13.2 Å². The Labute approximate surface area is 137 Å². The summed E-state index contributed by atoms with van der Waals surface area (Å²) in [5, 5.41) is 4.20. The number of hydrogen-bond acceptors (Lipinski definition) is 3. The summed E-state index contributed by atoms with van der Waals surface area (Å²) in [4.78, 5) is 5.43. The first-order valence-corrected chi connectivity index (χ1v) is 8.62.